The van der Waals surface area contributed by atoms with E-state index in [1.54, 1.807) is 0 Å². The third kappa shape index (κ3) is 4.96. The number of rotatable bonds is 6. The molecule has 0 radical (unpaired) electrons. The number of esters is 1. The molecule has 2 aliphatic rings. The first-order chi connectivity index (χ1) is 13.9. The van der Waals surface area contributed by atoms with E-state index in [1.807, 2.05) is 23.6 Å². The Morgan fingerprint density at radius 3 is 2.55 bits per heavy atom. The Bertz CT molecular complexity index is 764. The fraction of sp³-hybridized carbons (Fsp3) is 0.650. The number of nitrogens with one attached hydrogen (secondary N) is 1. The zero-order valence-corrected chi connectivity index (χ0v) is 18.1. The summed E-state index contributed by atoms with van der Waals surface area (Å²) in [4.78, 5) is 42.0. The first-order valence-corrected chi connectivity index (χ1v) is 10.9. The normalized spacial score (nSPS) is 20.0. The van der Waals surface area contributed by atoms with E-state index in [0.29, 0.717) is 49.8 Å². The molecule has 1 aromatic rings. The molecule has 0 spiro atoms. The molecule has 3 heterocycles. The van der Waals surface area contributed by atoms with E-state index in [-0.39, 0.29) is 24.5 Å². The van der Waals surface area contributed by atoms with Gasteiger partial charge in [0.05, 0.1) is 19.2 Å². The van der Waals surface area contributed by atoms with Crippen LogP contribution in [0.15, 0.2) is 0 Å². The molecule has 2 fully saturated rings. The molecule has 0 aromatic carbocycles. The molecular formula is C20H29N3O5S. The van der Waals surface area contributed by atoms with Gasteiger partial charge in [-0.2, -0.15) is 0 Å². The molecule has 3 rings (SSSR count). The van der Waals surface area contributed by atoms with Gasteiger partial charge in [0, 0.05) is 37.7 Å². The Balaban J connectivity index is 1.54. The second-order valence-corrected chi connectivity index (χ2v) is 8.56. The second kappa shape index (κ2) is 9.69. The van der Waals surface area contributed by atoms with Crippen LogP contribution in [0.1, 0.15) is 40.6 Å². The Morgan fingerprint density at radius 2 is 1.97 bits per heavy atom. The number of piperazine rings is 1. The number of amides is 2. The number of hydrogen-bond donors (Lipinski definition) is 1. The van der Waals surface area contributed by atoms with Crippen LogP contribution in [0.4, 0.5) is 5.00 Å². The van der Waals surface area contributed by atoms with Crippen LogP contribution in [0.5, 0.6) is 0 Å². The van der Waals surface area contributed by atoms with Crippen LogP contribution in [-0.2, 0) is 25.5 Å². The van der Waals surface area contributed by atoms with Gasteiger partial charge < -0.3 is 19.7 Å². The number of hydrogen-bond acceptors (Lipinski definition) is 7. The molecular weight excluding hydrogens is 394 g/mol. The van der Waals surface area contributed by atoms with Gasteiger partial charge in [0.15, 0.2) is 0 Å². The van der Waals surface area contributed by atoms with Gasteiger partial charge in [-0.25, -0.2) is 4.79 Å². The average Bonchev–Trinajstić information content (AvgIpc) is 3.35. The largest absolute Gasteiger partial charge is 0.465 e. The van der Waals surface area contributed by atoms with Crippen LogP contribution in [0.3, 0.4) is 0 Å². The monoisotopic (exact) mass is 423 g/mol. The Labute approximate surface area is 175 Å². The molecule has 0 saturated carbocycles. The number of thiophene rings is 1. The zero-order valence-electron chi connectivity index (χ0n) is 17.3. The van der Waals surface area contributed by atoms with Crippen molar-refractivity contribution in [3.05, 3.63) is 16.0 Å². The smallest absolute Gasteiger partial charge is 0.341 e. The van der Waals surface area contributed by atoms with Gasteiger partial charge in [-0.15, -0.1) is 11.3 Å². The first-order valence-electron chi connectivity index (χ1n) is 10.1. The van der Waals surface area contributed by atoms with Crippen molar-refractivity contribution in [3.8, 4) is 0 Å². The summed E-state index contributed by atoms with van der Waals surface area (Å²) in [6.45, 7) is 7.27. The van der Waals surface area contributed by atoms with Crippen LogP contribution in [0, 0.1) is 6.92 Å². The van der Waals surface area contributed by atoms with Crippen molar-refractivity contribution < 1.29 is 23.9 Å². The fourth-order valence-electron chi connectivity index (χ4n) is 3.88. The Hall–Kier alpha value is -1.97. The van der Waals surface area contributed by atoms with Crippen LogP contribution >= 0.6 is 11.3 Å². The van der Waals surface area contributed by atoms with Crippen molar-refractivity contribution in [3.63, 3.8) is 0 Å². The van der Waals surface area contributed by atoms with Crippen molar-refractivity contribution in [1.82, 2.24) is 9.80 Å². The lowest BCUT2D eigenvalue weighted by molar-refractivity contribution is -0.142. The van der Waals surface area contributed by atoms with Crippen LogP contribution < -0.4 is 5.32 Å². The van der Waals surface area contributed by atoms with Crippen LogP contribution in [0.25, 0.3) is 0 Å². The molecule has 1 atom stereocenters. The fourth-order valence-corrected chi connectivity index (χ4v) is 5.03. The molecule has 9 heteroatoms. The third-order valence-electron chi connectivity index (χ3n) is 5.46. The molecule has 29 heavy (non-hydrogen) atoms. The summed E-state index contributed by atoms with van der Waals surface area (Å²) in [5.74, 6) is -0.531. The van der Waals surface area contributed by atoms with Gasteiger partial charge >= 0.3 is 5.97 Å². The van der Waals surface area contributed by atoms with Crippen molar-refractivity contribution in [2.75, 3.05) is 51.8 Å². The minimum atomic E-state index is -0.428. The zero-order chi connectivity index (χ0) is 21.0. The Morgan fingerprint density at radius 1 is 1.24 bits per heavy atom. The number of anilines is 1. The van der Waals surface area contributed by atoms with E-state index in [2.05, 4.69) is 5.32 Å². The first kappa shape index (κ1) is 21.7. The van der Waals surface area contributed by atoms with E-state index in [4.69, 9.17) is 9.47 Å². The molecule has 2 saturated heterocycles. The summed E-state index contributed by atoms with van der Waals surface area (Å²) in [5, 5.41) is 3.43. The number of carbonyl (C=O) groups excluding carboxylic acids is 3. The molecule has 0 unspecified atom stereocenters. The highest BCUT2D eigenvalue weighted by atomic mass is 32.1. The van der Waals surface area contributed by atoms with Crippen molar-refractivity contribution >= 4 is 34.1 Å². The highest BCUT2D eigenvalue weighted by Gasteiger charge is 2.31. The number of carbonyl (C=O) groups is 3. The van der Waals surface area contributed by atoms with Crippen molar-refractivity contribution in [2.24, 2.45) is 0 Å². The van der Waals surface area contributed by atoms with Gasteiger partial charge in [0.1, 0.15) is 11.1 Å². The molecule has 1 N–H and O–H groups in total. The van der Waals surface area contributed by atoms with Gasteiger partial charge in [-0.3, -0.25) is 14.5 Å². The minimum Gasteiger partial charge on any atom is -0.465 e. The predicted octanol–water partition coefficient (Wildman–Crippen LogP) is 1.67. The lowest BCUT2D eigenvalue weighted by atomic mass is 10.1. The maximum Gasteiger partial charge on any atom is 0.341 e. The van der Waals surface area contributed by atoms with E-state index < -0.39 is 5.97 Å². The summed E-state index contributed by atoms with van der Waals surface area (Å²) >= 11 is 1.40. The lowest BCUT2D eigenvalue weighted by Crippen LogP contribution is -2.52. The maximum absolute atomic E-state index is 12.6. The van der Waals surface area contributed by atoms with E-state index in [0.717, 1.165) is 23.3 Å². The quantitative estimate of drug-likeness (QED) is 0.701. The average molecular weight is 424 g/mol. The minimum absolute atomic E-state index is 0.0653. The predicted molar refractivity (Wildman–Crippen MR) is 110 cm³/mol. The molecule has 0 bridgehead atoms. The van der Waals surface area contributed by atoms with Gasteiger partial charge in [0.2, 0.25) is 5.91 Å². The molecule has 0 aliphatic carbocycles. The van der Waals surface area contributed by atoms with Crippen molar-refractivity contribution in [1.29, 1.82) is 0 Å². The van der Waals surface area contributed by atoms with Crippen LogP contribution in [-0.4, -0.2) is 80.1 Å². The van der Waals surface area contributed by atoms with Crippen molar-refractivity contribution in [2.45, 2.75) is 39.2 Å². The second-order valence-electron chi connectivity index (χ2n) is 7.34. The third-order valence-corrected chi connectivity index (χ3v) is 6.52. The molecule has 8 nitrogen and oxygen atoms in total. The number of nitrogens with zero attached hydrogens (tertiary/aromatic N) is 2. The summed E-state index contributed by atoms with van der Waals surface area (Å²) in [6.07, 6.45) is 2.13. The van der Waals surface area contributed by atoms with Gasteiger partial charge in [-0.1, -0.05) is 6.92 Å². The summed E-state index contributed by atoms with van der Waals surface area (Å²) in [6, 6.07) is 0. The lowest BCUT2D eigenvalue weighted by Gasteiger charge is -2.35. The molecule has 2 amide bonds. The SMILES string of the molecule is CCc1c(C)sc(NC(=O)CN2CCN(C(=O)[C@@H]3CCCO3)CC2)c1C(=O)OC. The maximum atomic E-state index is 12.6. The standard InChI is InChI=1S/C20H29N3O5S/c1-4-14-13(2)29-18(17(14)20(26)27-3)21-16(24)12-22-7-9-23(10-8-22)19(25)15-6-5-11-28-15/h15H,4-12H2,1-3H3,(H,21,24)/t15-/m0/s1. The number of ether oxygens (including phenoxy) is 2. The van der Waals surface area contributed by atoms with E-state index >= 15 is 0 Å². The summed E-state index contributed by atoms with van der Waals surface area (Å²) in [5.41, 5.74) is 1.37. The molecule has 2 aliphatic heterocycles. The number of aryl methyl sites for hydroxylation is 1. The molecule has 1 aromatic heterocycles. The van der Waals surface area contributed by atoms with Gasteiger partial charge in [0.25, 0.3) is 5.91 Å². The van der Waals surface area contributed by atoms with E-state index in [1.165, 1.54) is 18.4 Å². The van der Waals surface area contributed by atoms with E-state index in [9.17, 15) is 14.4 Å². The van der Waals surface area contributed by atoms with Crippen LogP contribution in [0.2, 0.25) is 0 Å². The highest BCUT2D eigenvalue weighted by Crippen LogP contribution is 2.34. The van der Waals surface area contributed by atoms with Gasteiger partial charge in [-0.05, 0) is 31.7 Å². The summed E-state index contributed by atoms with van der Waals surface area (Å²) < 4.78 is 10.4. The highest BCUT2D eigenvalue weighted by molar-refractivity contribution is 7.16. The number of methoxy groups -OCH3 is 1. The topological polar surface area (TPSA) is 88.2 Å². The Kier molecular flexibility index (Phi) is 7.26. The molecule has 160 valence electrons. The summed E-state index contributed by atoms with van der Waals surface area (Å²) in [7, 11) is 1.35.